The summed E-state index contributed by atoms with van der Waals surface area (Å²) in [6.45, 7) is 0.844. The van der Waals surface area contributed by atoms with Crippen LogP contribution in [0.15, 0.2) is 23.0 Å². The molecule has 0 unspecified atom stereocenters. The minimum atomic E-state index is -0.680. The fourth-order valence-corrected chi connectivity index (χ4v) is 1.37. The first-order chi connectivity index (χ1) is 8.20. The maximum Gasteiger partial charge on any atom is 0.395 e. The van der Waals surface area contributed by atoms with Crippen LogP contribution in [0.3, 0.4) is 0 Å². The smallest absolute Gasteiger partial charge is 0.395 e. The second-order valence-corrected chi connectivity index (χ2v) is 3.31. The van der Waals surface area contributed by atoms with Crippen LogP contribution in [-0.2, 0) is 4.74 Å². The minimum Gasteiger partial charge on any atom is -0.595 e. The fraction of sp³-hybridized carbons (Fsp3) is 0.300. The first-order valence-electron chi connectivity index (χ1n) is 4.96. The predicted molar refractivity (Wildman–Crippen MR) is 58.7 cm³/mol. The fourth-order valence-electron chi connectivity index (χ4n) is 1.37. The van der Waals surface area contributed by atoms with Crippen molar-refractivity contribution in [2.75, 3.05) is 20.3 Å². The second-order valence-electron chi connectivity index (χ2n) is 3.31. The Morgan fingerprint density at radius 3 is 3.06 bits per heavy atom. The molecule has 0 aliphatic rings. The van der Waals surface area contributed by atoms with Gasteiger partial charge in [-0.05, 0) is 12.1 Å². The number of H-pyrrole nitrogens is 1. The maximum absolute atomic E-state index is 11.4. The van der Waals surface area contributed by atoms with Crippen LogP contribution in [-0.4, -0.2) is 30.4 Å². The molecule has 1 aromatic heterocycles. The molecule has 0 saturated heterocycles. The molecule has 2 aromatic rings. The number of hydrogen-bond acceptors (Lipinski definition) is 5. The molecule has 7 nitrogen and oxygen atoms in total. The molecular weight excluding hydrogens is 226 g/mol. The Kier molecular flexibility index (Phi) is 3.20. The van der Waals surface area contributed by atoms with Gasteiger partial charge in [-0.25, -0.2) is 4.79 Å². The van der Waals surface area contributed by atoms with Gasteiger partial charge in [-0.15, -0.1) is 0 Å². The number of hydrogen-bond donors (Lipinski definition) is 1. The summed E-state index contributed by atoms with van der Waals surface area (Å²) >= 11 is 0. The van der Waals surface area contributed by atoms with Crippen molar-refractivity contribution in [3.8, 4) is 5.75 Å². The van der Waals surface area contributed by atoms with Crippen molar-refractivity contribution in [1.29, 1.82) is 0 Å². The number of aromatic nitrogens is 3. The van der Waals surface area contributed by atoms with Gasteiger partial charge >= 0.3 is 5.69 Å². The molecule has 0 spiro atoms. The van der Waals surface area contributed by atoms with Gasteiger partial charge in [-0.1, -0.05) is 9.94 Å². The summed E-state index contributed by atoms with van der Waals surface area (Å²) < 4.78 is 10.2. The summed E-state index contributed by atoms with van der Waals surface area (Å²) in [6, 6.07) is 4.71. The van der Waals surface area contributed by atoms with Crippen molar-refractivity contribution < 1.29 is 14.3 Å². The van der Waals surface area contributed by atoms with Gasteiger partial charge in [0.15, 0.2) is 0 Å². The van der Waals surface area contributed by atoms with Crippen LogP contribution >= 0.6 is 0 Å². The van der Waals surface area contributed by atoms with Crippen molar-refractivity contribution in [3.63, 3.8) is 0 Å². The van der Waals surface area contributed by atoms with Crippen molar-refractivity contribution in [2.45, 2.75) is 0 Å². The van der Waals surface area contributed by atoms with E-state index in [0.29, 0.717) is 29.3 Å². The molecule has 17 heavy (non-hydrogen) atoms. The van der Waals surface area contributed by atoms with Crippen molar-refractivity contribution >= 4 is 11.0 Å². The Morgan fingerprint density at radius 1 is 1.47 bits per heavy atom. The summed E-state index contributed by atoms with van der Waals surface area (Å²) in [5.41, 5.74) is -0.108. The number of methoxy groups -OCH3 is 1. The van der Waals surface area contributed by atoms with Gasteiger partial charge in [0.25, 0.3) is 5.52 Å². The van der Waals surface area contributed by atoms with E-state index in [-0.39, 0.29) is 5.52 Å². The summed E-state index contributed by atoms with van der Waals surface area (Å²) in [5, 5.41) is 13.4. The zero-order chi connectivity index (χ0) is 12.3. The number of fused-ring (bicyclic) bond motifs is 1. The van der Waals surface area contributed by atoms with Crippen LogP contribution in [0.2, 0.25) is 0 Å². The Bertz CT molecular complexity index is 581. The van der Waals surface area contributed by atoms with Gasteiger partial charge in [0.1, 0.15) is 17.9 Å². The van der Waals surface area contributed by atoms with Crippen LogP contribution in [0.1, 0.15) is 0 Å². The van der Waals surface area contributed by atoms with E-state index in [9.17, 15) is 10.0 Å². The van der Waals surface area contributed by atoms with Crippen molar-refractivity contribution in [3.05, 3.63) is 33.9 Å². The highest BCUT2D eigenvalue weighted by molar-refractivity contribution is 5.72. The van der Waals surface area contributed by atoms with Gasteiger partial charge in [0.2, 0.25) is 0 Å². The lowest BCUT2D eigenvalue weighted by Gasteiger charge is -2.05. The molecule has 0 bridgehead atoms. The molecule has 0 aliphatic carbocycles. The van der Waals surface area contributed by atoms with Gasteiger partial charge in [-0.2, -0.15) is 4.98 Å². The highest BCUT2D eigenvalue weighted by Crippen LogP contribution is 2.15. The normalized spacial score (nSPS) is 10.6. The highest BCUT2D eigenvalue weighted by Gasteiger charge is 2.08. The van der Waals surface area contributed by atoms with E-state index in [0.717, 1.165) is 0 Å². The molecule has 1 aromatic carbocycles. The lowest BCUT2D eigenvalue weighted by atomic mass is 10.3. The molecule has 0 radical (unpaired) electrons. The lowest BCUT2D eigenvalue weighted by Crippen LogP contribution is -2.39. The molecule has 0 amide bonds. The van der Waals surface area contributed by atoms with E-state index in [4.69, 9.17) is 9.47 Å². The van der Waals surface area contributed by atoms with E-state index in [2.05, 4.69) is 4.98 Å². The molecule has 90 valence electrons. The number of aromatic amines is 1. The molecule has 1 N–H and O–H groups in total. The maximum atomic E-state index is 11.4. The Labute approximate surface area is 96.2 Å². The number of nitrogens with one attached hydrogen (secondary N) is 1. The third-order valence-electron chi connectivity index (χ3n) is 2.14. The summed E-state index contributed by atoms with van der Waals surface area (Å²) in [7, 11) is 1.57. The highest BCUT2D eigenvalue weighted by atomic mass is 16.5. The van der Waals surface area contributed by atoms with E-state index >= 15 is 0 Å². The second kappa shape index (κ2) is 4.79. The van der Waals surface area contributed by atoms with Crippen LogP contribution in [0.4, 0.5) is 0 Å². The Balaban J connectivity index is 2.33. The van der Waals surface area contributed by atoms with Crippen LogP contribution in [0.5, 0.6) is 5.75 Å². The molecule has 2 rings (SSSR count). The number of nitrogens with zero attached hydrogens (tertiary/aromatic N) is 2. The van der Waals surface area contributed by atoms with Crippen molar-refractivity contribution in [1.82, 2.24) is 10.1 Å². The van der Waals surface area contributed by atoms with Gasteiger partial charge in [-0.3, -0.25) is 0 Å². The molecule has 0 aliphatic heterocycles. The monoisotopic (exact) mass is 237 g/mol. The van der Waals surface area contributed by atoms with E-state index in [1.165, 1.54) is 6.07 Å². The van der Waals surface area contributed by atoms with Gasteiger partial charge < -0.3 is 14.7 Å². The third-order valence-corrected chi connectivity index (χ3v) is 2.14. The zero-order valence-electron chi connectivity index (χ0n) is 9.17. The van der Waals surface area contributed by atoms with E-state index in [1.807, 2.05) is 5.10 Å². The number of benzene rings is 1. The third kappa shape index (κ3) is 2.51. The van der Waals surface area contributed by atoms with Crippen molar-refractivity contribution in [2.24, 2.45) is 0 Å². The number of rotatable bonds is 4. The van der Waals surface area contributed by atoms with Gasteiger partial charge in [0.05, 0.1) is 12.7 Å². The summed E-state index contributed by atoms with van der Waals surface area (Å²) in [4.78, 5) is 15.0. The number of ether oxygens (including phenoxy) is 2. The topological polar surface area (TPSA) is 91.2 Å². The van der Waals surface area contributed by atoms with E-state index < -0.39 is 5.69 Å². The van der Waals surface area contributed by atoms with Crippen LogP contribution < -0.4 is 15.3 Å². The van der Waals surface area contributed by atoms with Gasteiger partial charge in [0, 0.05) is 7.11 Å². The molecule has 0 atom stereocenters. The largest absolute Gasteiger partial charge is 0.595 e. The molecule has 7 heteroatoms. The SMILES string of the molecule is COCCOc1ccc2nc(=O)[nH][n+]([O-])c2c1. The summed E-state index contributed by atoms with van der Waals surface area (Å²) in [6.07, 6.45) is 0. The first kappa shape index (κ1) is 11.3. The Hall–Kier alpha value is -2.15. The van der Waals surface area contributed by atoms with Crippen LogP contribution in [0, 0.1) is 5.21 Å². The zero-order valence-corrected chi connectivity index (χ0v) is 9.17. The molecule has 1 heterocycles. The molecular formula is C10H11N3O4. The molecule has 0 saturated carbocycles. The quantitative estimate of drug-likeness (QED) is 0.443. The Morgan fingerprint density at radius 2 is 2.29 bits per heavy atom. The van der Waals surface area contributed by atoms with E-state index in [1.54, 1.807) is 19.2 Å². The standard InChI is InChI=1S/C10H11N3O4/c1-16-4-5-17-7-2-3-8-9(6-7)13(15)12-10(14)11-8/h2-3,6H,4-5H2,1H3,(H,11,12,14). The lowest BCUT2D eigenvalue weighted by molar-refractivity contribution is -0.644. The first-order valence-corrected chi connectivity index (χ1v) is 4.96. The average molecular weight is 237 g/mol. The van der Waals surface area contributed by atoms with Crippen LogP contribution in [0.25, 0.3) is 11.0 Å². The minimum absolute atomic E-state index is 0.250. The average Bonchev–Trinajstić information content (AvgIpc) is 2.30. The predicted octanol–water partition coefficient (Wildman–Crippen LogP) is -0.418. The summed E-state index contributed by atoms with van der Waals surface area (Å²) in [5.74, 6) is 0.521. The molecule has 0 fully saturated rings.